The molecular formula is C15H27. The van der Waals surface area contributed by atoms with Gasteiger partial charge in [0.1, 0.15) is 0 Å². The van der Waals surface area contributed by atoms with Crippen molar-refractivity contribution in [3.63, 3.8) is 0 Å². The molecule has 0 atom stereocenters. The Kier molecular flexibility index (Phi) is 5.02. The van der Waals surface area contributed by atoms with E-state index in [9.17, 15) is 0 Å². The number of hydrogen-bond donors (Lipinski definition) is 0. The van der Waals surface area contributed by atoms with Crippen molar-refractivity contribution in [2.45, 2.75) is 83.5 Å². The highest BCUT2D eigenvalue weighted by Gasteiger charge is 2.23. The standard InChI is InChI=1S/C15H27/c1-2-6-10-14(11-7-3-1)15-12-8-4-5-9-13-15/h14H,1-13H2. The van der Waals surface area contributed by atoms with Gasteiger partial charge in [0.25, 0.3) is 0 Å². The second-order valence-corrected chi connectivity index (χ2v) is 5.61. The minimum atomic E-state index is 1.03. The van der Waals surface area contributed by atoms with Gasteiger partial charge in [0.05, 0.1) is 0 Å². The van der Waals surface area contributed by atoms with E-state index in [-0.39, 0.29) is 0 Å². The van der Waals surface area contributed by atoms with Crippen molar-refractivity contribution >= 4 is 0 Å². The van der Waals surface area contributed by atoms with Crippen molar-refractivity contribution in [2.75, 3.05) is 0 Å². The molecule has 2 aliphatic rings. The lowest BCUT2D eigenvalue weighted by atomic mass is 9.78. The SMILES string of the molecule is C1CCCC([C]2CCCCCC2)CCC1. The molecule has 0 bridgehead atoms. The van der Waals surface area contributed by atoms with E-state index in [1.165, 1.54) is 83.5 Å². The molecule has 0 saturated heterocycles. The first-order chi connectivity index (χ1) is 7.47. The smallest absolute Gasteiger partial charge is 0.0210 e. The second-order valence-electron chi connectivity index (χ2n) is 5.61. The van der Waals surface area contributed by atoms with E-state index in [1.807, 2.05) is 5.92 Å². The molecule has 15 heavy (non-hydrogen) atoms. The third kappa shape index (κ3) is 3.81. The van der Waals surface area contributed by atoms with Crippen LogP contribution in [0.3, 0.4) is 0 Å². The van der Waals surface area contributed by atoms with Crippen LogP contribution in [-0.2, 0) is 0 Å². The minimum absolute atomic E-state index is 1.03. The summed E-state index contributed by atoms with van der Waals surface area (Å²) in [5, 5.41) is 0. The van der Waals surface area contributed by atoms with Gasteiger partial charge in [0, 0.05) is 0 Å². The molecule has 0 nitrogen and oxygen atoms in total. The van der Waals surface area contributed by atoms with Crippen molar-refractivity contribution < 1.29 is 0 Å². The summed E-state index contributed by atoms with van der Waals surface area (Å²) in [6, 6.07) is 0. The van der Waals surface area contributed by atoms with Crippen molar-refractivity contribution in [1.29, 1.82) is 0 Å². The zero-order valence-corrected chi connectivity index (χ0v) is 10.3. The first-order valence-electron chi connectivity index (χ1n) is 7.31. The summed E-state index contributed by atoms with van der Waals surface area (Å²) in [4.78, 5) is 0. The van der Waals surface area contributed by atoms with E-state index < -0.39 is 0 Å². The Bertz CT molecular complexity index is 145. The Hall–Kier alpha value is 0. The Morgan fingerprint density at radius 2 is 1.00 bits per heavy atom. The molecule has 0 aromatic heterocycles. The summed E-state index contributed by atoms with van der Waals surface area (Å²) < 4.78 is 0. The molecule has 1 radical (unpaired) electrons. The lowest BCUT2D eigenvalue weighted by Gasteiger charge is -2.27. The molecule has 0 aliphatic heterocycles. The van der Waals surface area contributed by atoms with Crippen molar-refractivity contribution in [3.8, 4) is 0 Å². The molecule has 0 heteroatoms. The Morgan fingerprint density at radius 1 is 0.533 bits per heavy atom. The highest BCUT2D eigenvalue weighted by molar-refractivity contribution is 4.97. The van der Waals surface area contributed by atoms with Crippen LogP contribution >= 0.6 is 0 Å². The third-order valence-electron chi connectivity index (χ3n) is 4.43. The molecule has 2 saturated carbocycles. The van der Waals surface area contributed by atoms with Crippen molar-refractivity contribution in [3.05, 3.63) is 5.92 Å². The van der Waals surface area contributed by atoms with Gasteiger partial charge in [-0.1, -0.05) is 57.8 Å². The summed E-state index contributed by atoms with van der Waals surface area (Å²) in [7, 11) is 0. The zero-order valence-electron chi connectivity index (χ0n) is 10.3. The second kappa shape index (κ2) is 6.55. The molecule has 0 N–H and O–H groups in total. The van der Waals surface area contributed by atoms with Gasteiger partial charge in [-0.15, -0.1) is 0 Å². The van der Waals surface area contributed by atoms with Crippen LogP contribution in [0.15, 0.2) is 0 Å². The highest BCUT2D eigenvalue weighted by atomic mass is 14.3. The van der Waals surface area contributed by atoms with Gasteiger partial charge in [-0.2, -0.15) is 0 Å². The Balaban J connectivity index is 1.82. The maximum atomic E-state index is 1.97. The first-order valence-corrected chi connectivity index (χ1v) is 7.31. The molecule has 2 aliphatic carbocycles. The van der Waals surface area contributed by atoms with Gasteiger partial charge in [-0.05, 0) is 37.5 Å². The maximum Gasteiger partial charge on any atom is -0.0210 e. The van der Waals surface area contributed by atoms with Crippen LogP contribution in [0.25, 0.3) is 0 Å². The van der Waals surface area contributed by atoms with Crippen LogP contribution in [0.1, 0.15) is 83.5 Å². The van der Waals surface area contributed by atoms with E-state index in [0.29, 0.717) is 0 Å². The molecule has 2 fully saturated rings. The minimum Gasteiger partial charge on any atom is -0.0533 e. The summed E-state index contributed by atoms with van der Waals surface area (Å²) in [6.07, 6.45) is 19.5. The van der Waals surface area contributed by atoms with E-state index in [4.69, 9.17) is 0 Å². The normalized spacial score (nSPS) is 28.0. The monoisotopic (exact) mass is 207 g/mol. The fourth-order valence-electron chi connectivity index (χ4n) is 3.46. The molecule has 87 valence electrons. The molecule has 0 amide bonds. The number of hydrogen-bond acceptors (Lipinski definition) is 0. The van der Waals surface area contributed by atoms with Gasteiger partial charge in [-0.3, -0.25) is 0 Å². The fraction of sp³-hybridized carbons (Fsp3) is 0.933. The molecule has 0 heterocycles. The summed E-state index contributed by atoms with van der Waals surface area (Å²) in [5.74, 6) is 3.00. The van der Waals surface area contributed by atoms with E-state index >= 15 is 0 Å². The Morgan fingerprint density at radius 3 is 1.60 bits per heavy atom. The fourth-order valence-corrected chi connectivity index (χ4v) is 3.46. The molecular weight excluding hydrogens is 180 g/mol. The highest BCUT2D eigenvalue weighted by Crippen LogP contribution is 2.37. The predicted molar refractivity (Wildman–Crippen MR) is 66.8 cm³/mol. The van der Waals surface area contributed by atoms with Gasteiger partial charge >= 0.3 is 0 Å². The summed E-state index contributed by atoms with van der Waals surface area (Å²) in [6.45, 7) is 0. The summed E-state index contributed by atoms with van der Waals surface area (Å²) in [5.41, 5.74) is 0. The van der Waals surface area contributed by atoms with Crippen LogP contribution in [-0.4, -0.2) is 0 Å². The molecule has 0 aromatic carbocycles. The van der Waals surface area contributed by atoms with Crippen LogP contribution in [0.2, 0.25) is 0 Å². The topological polar surface area (TPSA) is 0 Å². The quantitative estimate of drug-likeness (QED) is 0.513. The van der Waals surface area contributed by atoms with Crippen LogP contribution < -0.4 is 0 Å². The maximum absolute atomic E-state index is 1.97. The van der Waals surface area contributed by atoms with Gasteiger partial charge in [0.15, 0.2) is 0 Å². The molecule has 0 spiro atoms. The molecule has 0 aromatic rings. The average molecular weight is 207 g/mol. The van der Waals surface area contributed by atoms with Crippen molar-refractivity contribution in [2.24, 2.45) is 5.92 Å². The first kappa shape index (κ1) is 11.5. The summed E-state index contributed by atoms with van der Waals surface area (Å²) >= 11 is 0. The largest absolute Gasteiger partial charge is 0.0533 e. The van der Waals surface area contributed by atoms with Crippen LogP contribution in [0.4, 0.5) is 0 Å². The van der Waals surface area contributed by atoms with Crippen LogP contribution in [0.5, 0.6) is 0 Å². The van der Waals surface area contributed by atoms with Gasteiger partial charge < -0.3 is 0 Å². The predicted octanol–water partition coefficient (Wildman–Crippen LogP) is 5.28. The lowest BCUT2D eigenvalue weighted by Crippen LogP contribution is -2.13. The van der Waals surface area contributed by atoms with E-state index in [0.717, 1.165) is 5.92 Å². The molecule has 0 unspecified atom stereocenters. The molecule has 2 rings (SSSR count). The lowest BCUT2D eigenvalue weighted by molar-refractivity contribution is 0.365. The van der Waals surface area contributed by atoms with Gasteiger partial charge in [-0.25, -0.2) is 0 Å². The number of rotatable bonds is 1. The van der Waals surface area contributed by atoms with Crippen molar-refractivity contribution in [1.82, 2.24) is 0 Å². The third-order valence-corrected chi connectivity index (χ3v) is 4.43. The average Bonchev–Trinajstić information content (AvgIpc) is 2.45. The Labute approximate surface area is 95.8 Å². The van der Waals surface area contributed by atoms with Gasteiger partial charge in [0.2, 0.25) is 0 Å². The van der Waals surface area contributed by atoms with E-state index in [2.05, 4.69) is 0 Å². The zero-order chi connectivity index (χ0) is 10.3. The van der Waals surface area contributed by atoms with Crippen LogP contribution in [0, 0.1) is 11.8 Å². The van der Waals surface area contributed by atoms with E-state index in [1.54, 1.807) is 0 Å².